The molecular weight excluding hydrogens is 388 g/mol. The zero-order valence-corrected chi connectivity index (χ0v) is 17.8. The van der Waals surface area contributed by atoms with E-state index in [2.05, 4.69) is 4.98 Å². The molecule has 2 aromatic carbocycles. The van der Waals surface area contributed by atoms with E-state index >= 15 is 0 Å². The maximum atomic E-state index is 12.6. The van der Waals surface area contributed by atoms with E-state index in [1.165, 1.54) is 7.11 Å². The Morgan fingerprint density at radius 3 is 2.59 bits per heavy atom. The minimum absolute atomic E-state index is 0.131. The van der Waals surface area contributed by atoms with Crippen LogP contribution in [-0.2, 0) is 16.1 Å². The van der Waals surface area contributed by atoms with Crippen LogP contribution in [-0.4, -0.2) is 24.1 Å². The molecule has 0 fully saturated rings. The maximum absolute atomic E-state index is 12.6. The lowest BCUT2D eigenvalue weighted by atomic mass is 10.1. The molecule has 0 aliphatic heterocycles. The predicted octanol–water partition coefficient (Wildman–Crippen LogP) is 5.33. The van der Waals surface area contributed by atoms with Gasteiger partial charge in [-0.2, -0.15) is 0 Å². The quantitative estimate of drug-likeness (QED) is 0.547. The molecule has 1 aromatic heterocycles. The van der Waals surface area contributed by atoms with Gasteiger partial charge in [0.25, 0.3) is 0 Å². The molecule has 6 nitrogen and oxygen atoms in total. The fourth-order valence-electron chi connectivity index (χ4n) is 2.96. The highest BCUT2D eigenvalue weighted by Gasteiger charge is 2.26. The first kappa shape index (κ1) is 20.8. The lowest BCUT2D eigenvalue weighted by Gasteiger charge is -2.22. The fourth-order valence-corrected chi connectivity index (χ4v) is 3.84. The van der Waals surface area contributed by atoms with Crippen LogP contribution in [0.2, 0.25) is 0 Å². The Morgan fingerprint density at radius 2 is 1.93 bits per heavy atom. The van der Waals surface area contributed by atoms with Gasteiger partial charge in [0.15, 0.2) is 0 Å². The summed E-state index contributed by atoms with van der Waals surface area (Å²) in [6.07, 6.45) is -0.438. The van der Waals surface area contributed by atoms with Gasteiger partial charge in [-0.05, 0) is 48.7 Å². The molecule has 0 saturated heterocycles. The van der Waals surface area contributed by atoms with Gasteiger partial charge in [0.05, 0.1) is 23.0 Å². The number of amides is 2. The zero-order valence-electron chi connectivity index (χ0n) is 17.0. The summed E-state index contributed by atoms with van der Waals surface area (Å²) in [7, 11) is 1.27. The van der Waals surface area contributed by atoms with Crippen LogP contribution >= 0.6 is 11.3 Å². The molecule has 3 aromatic rings. The number of hydrogen-bond donors (Lipinski definition) is 0. The average Bonchev–Trinajstić information content (AvgIpc) is 3.10. The molecule has 0 atom stereocenters. The third kappa shape index (κ3) is 4.92. The lowest BCUT2D eigenvalue weighted by Crippen LogP contribution is -2.38. The second-order valence-corrected chi connectivity index (χ2v) is 8.22. The van der Waals surface area contributed by atoms with E-state index in [0.717, 1.165) is 25.7 Å². The van der Waals surface area contributed by atoms with Gasteiger partial charge >= 0.3 is 6.09 Å². The number of imide groups is 1. The molecule has 0 radical (unpaired) electrons. The molecule has 0 bridgehead atoms. The molecule has 0 unspecified atom stereocenters. The Bertz CT molecular complexity index is 996. The molecule has 0 spiro atoms. The Labute approximate surface area is 174 Å². The summed E-state index contributed by atoms with van der Waals surface area (Å²) in [6, 6.07) is 13.2. The minimum atomic E-state index is -0.693. The smallest absolute Gasteiger partial charge is 0.420 e. The molecule has 3 rings (SSSR count). The number of aryl methyl sites for hydroxylation is 1. The third-order valence-corrected chi connectivity index (χ3v) is 5.31. The van der Waals surface area contributed by atoms with E-state index in [4.69, 9.17) is 9.47 Å². The Kier molecular flexibility index (Phi) is 6.49. The van der Waals surface area contributed by atoms with Gasteiger partial charge in [0.1, 0.15) is 17.4 Å². The van der Waals surface area contributed by atoms with Gasteiger partial charge in [-0.25, -0.2) is 14.7 Å². The van der Waals surface area contributed by atoms with Gasteiger partial charge in [-0.3, -0.25) is 4.79 Å². The second-order valence-electron chi connectivity index (χ2n) is 7.11. The number of methoxy groups -OCH3 is 1. The van der Waals surface area contributed by atoms with Crippen molar-refractivity contribution in [2.24, 2.45) is 5.92 Å². The van der Waals surface area contributed by atoms with Crippen molar-refractivity contribution >= 4 is 39.2 Å². The van der Waals surface area contributed by atoms with Gasteiger partial charge in [0.2, 0.25) is 5.91 Å². The monoisotopic (exact) mass is 412 g/mol. The van der Waals surface area contributed by atoms with Crippen LogP contribution in [0, 0.1) is 12.8 Å². The number of fused-ring (bicyclic) bond motifs is 1. The van der Waals surface area contributed by atoms with Crippen LogP contribution in [0.4, 0.5) is 10.5 Å². The summed E-state index contributed by atoms with van der Waals surface area (Å²) in [5.74, 6) is 0.483. The zero-order chi connectivity index (χ0) is 21.0. The van der Waals surface area contributed by atoms with Gasteiger partial charge in [-0.15, -0.1) is 11.3 Å². The summed E-state index contributed by atoms with van der Waals surface area (Å²) in [5, 5.41) is 0.885. The standard InChI is InChI=1S/C22H24N2O4S/c1-14(2)11-21(25)24(22(26)27-4)18-10-9-16(12-15(18)3)28-13-20-23-17-7-5-6-8-19(17)29-20/h5-10,12,14H,11,13H2,1-4H3. The van der Waals surface area contributed by atoms with Crippen molar-refractivity contribution in [3.05, 3.63) is 53.0 Å². The number of anilines is 1. The molecule has 7 heteroatoms. The SMILES string of the molecule is COC(=O)N(C(=O)CC(C)C)c1ccc(OCc2nc3ccccc3s2)cc1C. The number of carbonyl (C=O) groups excluding carboxylic acids is 2. The van der Waals surface area contributed by atoms with Crippen molar-refractivity contribution in [3.8, 4) is 5.75 Å². The Balaban J connectivity index is 1.77. The largest absolute Gasteiger partial charge is 0.486 e. The number of carbonyl (C=O) groups is 2. The number of ether oxygens (including phenoxy) is 2. The van der Waals surface area contributed by atoms with E-state index in [1.807, 2.05) is 45.0 Å². The van der Waals surface area contributed by atoms with Crippen molar-refractivity contribution in [1.82, 2.24) is 4.98 Å². The third-order valence-electron chi connectivity index (χ3n) is 4.30. The molecule has 1 heterocycles. The first-order chi connectivity index (χ1) is 13.9. The summed E-state index contributed by atoms with van der Waals surface area (Å²) in [4.78, 5) is 30.4. The number of thiazole rings is 1. The van der Waals surface area contributed by atoms with Gasteiger partial charge < -0.3 is 9.47 Å². The fraction of sp³-hybridized carbons (Fsp3) is 0.318. The van der Waals surface area contributed by atoms with Crippen molar-refractivity contribution in [1.29, 1.82) is 0 Å². The number of rotatable bonds is 6. The summed E-state index contributed by atoms with van der Waals surface area (Å²) < 4.78 is 11.8. The summed E-state index contributed by atoms with van der Waals surface area (Å²) >= 11 is 1.60. The van der Waals surface area contributed by atoms with E-state index in [-0.39, 0.29) is 18.2 Å². The van der Waals surface area contributed by atoms with Crippen LogP contribution in [0.15, 0.2) is 42.5 Å². The number of benzene rings is 2. The van der Waals surface area contributed by atoms with E-state index in [0.29, 0.717) is 18.0 Å². The van der Waals surface area contributed by atoms with Crippen molar-refractivity contribution in [2.45, 2.75) is 33.8 Å². The molecule has 0 aliphatic rings. The van der Waals surface area contributed by atoms with Crippen LogP contribution in [0.5, 0.6) is 5.75 Å². The molecule has 0 aliphatic carbocycles. The lowest BCUT2D eigenvalue weighted by molar-refractivity contribution is -0.118. The number of nitrogens with zero attached hydrogens (tertiary/aromatic N) is 2. The highest BCUT2D eigenvalue weighted by molar-refractivity contribution is 7.18. The van der Waals surface area contributed by atoms with Crippen LogP contribution < -0.4 is 9.64 Å². The average molecular weight is 413 g/mol. The highest BCUT2D eigenvalue weighted by atomic mass is 32.1. The number of para-hydroxylation sites is 1. The predicted molar refractivity (Wildman–Crippen MR) is 114 cm³/mol. The first-order valence-corrected chi connectivity index (χ1v) is 10.2. The second kappa shape index (κ2) is 9.05. The van der Waals surface area contributed by atoms with Gasteiger partial charge in [0, 0.05) is 6.42 Å². The van der Waals surface area contributed by atoms with Crippen molar-refractivity contribution in [2.75, 3.05) is 12.0 Å². The molecule has 2 amide bonds. The van der Waals surface area contributed by atoms with E-state index in [9.17, 15) is 9.59 Å². The Hall–Kier alpha value is -2.93. The van der Waals surface area contributed by atoms with E-state index < -0.39 is 6.09 Å². The normalized spacial score (nSPS) is 10.9. The summed E-state index contributed by atoms with van der Waals surface area (Å²) in [6.45, 7) is 6.04. The van der Waals surface area contributed by atoms with Crippen LogP contribution in [0.25, 0.3) is 10.2 Å². The van der Waals surface area contributed by atoms with Crippen molar-refractivity contribution in [3.63, 3.8) is 0 Å². The molecule has 0 saturated carbocycles. The minimum Gasteiger partial charge on any atom is -0.486 e. The number of hydrogen-bond acceptors (Lipinski definition) is 6. The molecular formula is C22H24N2O4S. The number of aromatic nitrogens is 1. The van der Waals surface area contributed by atoms with E-state index in [1.54, 1.807) is 29.5 Å². The highest BCUT2D eigenvalue weighted by Crippen LogP contribution is 2.28. The molecule has 0 N–H and O–H groups in total. The van der Waals surface area contributed by atoms with Crippen LogP contribution in [0.3, 0.4) is 0 Å². The van der Waals surface area contributed by atoms with Crippen LogP contribution in [0.1, 0.15) is 30.8 Å². The van der Waals surface area contributed by atoms with Crippen molar-refractivity contribution < 1.29 is 19.1 Å². The first-order valence-electron chi connectivity index (χ1n) is 9.38. The molecule has 152 valence electrons. The molecule has 29 heavy (non-hydrogen) atoms. The topological polar surface area (TPSA) is 68.7 Å². The summed E-state index contributed by atoms with van der Waals surface area (Å²) in [5.41, 5.74) is 2.20. The Morgan fingerprint density at radius 1 is 1.17 bits per heavy atom. The van der Waals surface area contributed by atoms with Gasteiger partial charge in [-0.1, -0.05) is 26.0 Å². The maximum Gasteiger partial charge on any atom is 0.420 e.